The molecule has 0 fully saturated rings. The maximum absolute atomic E-state index is 11.5. The van der Waals surface area contributed by atoms with Crippen LogP contribution in [0.4, 0.5) is 0 Å². The van der Waals surface area contributed by atoms with E-state index in [0.29, 0.717) is 0 Å². The molecule has 1 aliphatic carbocycles. The summed E-state index contributed by atoms with van der Waals surface area (Å²) in [6.07, 6.45) is 3.41. The average Bonchev–Trinajstić information content (AvgIpc) is 2.60. The molecule has 0 bridgehead atoms. The minimum atomic E-state index is 0.0775. The van der Waals surface area contributed by atoms with Gasteiger partial charge in [0.15, 0.2) is 5.78 Å². The Morgan fingerprint density at radius 1 is 1.46 bits per heavy atom. The Balaban J connectivity index is 2.38. The van der Waals surface area contributed by atoms with Gasteiger partial charge < -0.3 is 0 Å². The van der Waals surface area contributed by atoms with Gasteiger partial charge in [0.05, 0.1) is 0 Å². The van der Waals surface area contributed by atoms with Crippen LogP contribution in [0.2, 0.25) is 0 Å². The molecule has 2 rings (SSSR count). The Hall–Kier alpha value is -1.37. The molecular weight excluding hydrogens is 160 g/mol. The molecule has 0 saturated heterocycles. The van der Waals surface area contributed by atoms with Gasteiger partial charge in [-0.15, -0.1) is 0 Å². The molecule has 0 saturated carbocycles. The first-order chi connectivity index (χ1) is 6.33. The van der Waals surface area contributed by atoms with Crippen molar-refractivity contribution in [2.24, 2.45) is 0 Å². The van der Waals surface area contributed by atoms with Gasteiger partial charge in [0.2, 0.25) is 0 Å². The lowest BCUT2D eigenvalue weighted by atomic mass is 9.97. The molecule has 1 aromatic rings. The lowest BCUT2D eigenvalue weighted by Gasteiger charge is -2.06. The van der Waals surface area contributed by atoms with Crippen molar-refractivity contribution in [1.82, 2.24) is 0 Å². The minimum absolute atomic E-state index is 0.0775. The van der Waals surface area contributed by atoms with Crippen molar-refractivity contribution in [1.29, 1.82) is 0 Å². The summed E-state index contributed by atoms with van der Waals surface area (Å²) in [4.78, 5) is 11.5. The zero-order valence-electron chi connectivity index (χ0n) is 7.49. The number of benzene rings is 1. The highest BCUT2D eigenvalue weighted by molar-refractivity contribution is 5.95. The predicted octanol–water partition coefficient (Wildman–Crippen LogP) is 2.47. The van der Waals surface area contributed by atoms with E-state index < -0.39 is 0 Å². The summed E-state index contributed by atoms with van der Waals surface area (Å²) in [6, 6.07) is 8.17. The predicted molar refractivity (Wildman–Crippen MR) is 52.7 cm³/mol. The fraction of sp³-hybridized carbons (Fsp3) is 0.250. The van der Waals surface area contributed by atoms with E-state index in [1.54, 1.807) is 0 Å². The summed E-state index contributed by atoms with van der Waals surface area (Å²) in [5, 5.41) is 0. The number of aryl methyl sites for hydroxylation is 1. The Labute approximate surface area is 78.1 Å². The van der Waals surface area contributed by atoms with Crippen LogP contribution >= 0.6 is 0 Å². The quantitative estimate of drug-likeness (QED) is 0.626. The summed E-state index contributed by atoms with van der Waals surface area (Å²) in [5.74, 6) is 0.235. The molecule has 0 aromatic heterocycles. The monoisotopic (exact) mass is 172 g/mol. The van der Waals surface area contributed by atoms with Crippen molar-refractivity contribution in [3.05, 3.63) is 48.0 Å². The molecule has 1 atom stereocenters. The molecule has 0 N–H and O–H groups in total. The van der Waals surface area contributed by atoms with E-state index >= 15 is 0 Å². The van der Waals surface area contributed by atoms with Crippen molar-refractivity contribution < 1.29 is 4.79 Å². The largest absolute Gasteiger partial charge is 0.294 e. The van der Waals surface area contributed by atoms with Crippen LogP contribution in [0.15, 0.2) is 36.9 Å². The lowest BCUT2D eigenvalue weighted by molar-refractivity contribution is -0.115. The highest BCUT2D eigenvalue weighted by atomic mass is 16.1. The second-order valence-corrected chi connectivity index (χ2v) is 3.40. The van der Waals surface area contributed by atoms with Crippen LogP contribution in [0.5, 0.6) is 0 Å². The summed E-state index contributed by atoms with van der Waals surface area (Å²) in [6.45, 7) is 3.53. The number of hydrogen-bond acceptors (Lipinski definition) is 1. The van der Waals surface area contributed by atoms with Crippen LogP contribution in [0.25, 0.3) is 0 Å². The fourth-order valence-electron chi connectivity index (χ4n) is 1.99. The number of allylic oxidation sites excluding steroid dienone is 1. The van der Waals surface area contributed by atoms with Gasteiger partial charge >= 0.3 is 0 Å². The molecule has 0 radical (unpaired) electrons. The van der Waals surface area contributed by atoms with Crippen molar-refractivity contribution in [2.45, 2.75) is 18.8 Å². The van der Waals surface area contributed by atoms with Gasteiger partial charge in [-0.3, -0.25) is 4.79 Å². The zero-order valence-corrected chi connectivity index (χ0v) is 7.49. The van der Waals surface area contributed by atoms with Crippen LogP contribution in [0.3, 0.4) is 0 Å². The zero-order chi connectivity index (χ0) is 9.26. The van der Waals surface area contributed by atoms with Crippen LogP contribution in [-0.4, -0.2) is 5.78 Å². The number of rotatable bonds is 2. The summed E-state index contributed by atoms with van der Waals surface area (Å²) in [7, 11) is 0. The number of carbonyl (C=O) groups is 1. The molecule has 0 spiro atoms. The van der Waals surface area contributed by atoms with E-state index in [-0.39, 0.29) is 11.7 Å². The third-order valence-corrected chi connectivity index (χ3v) is 2.68. The molecule has 1 aliphatic rings. The second-order valence-electron chi connectivity index (χ2n) is 3.40. The van der Waals surface area contributed by atoms with Crippen LogP contribution in [0, 0.1) is 0 Å². The van der Waals surface area contributed by atoms with E-state index in [9.17, 15) is 4.79 Å². The second kappa shape index (κ2) is 3.17. The average molecular weight is 172 g/mol. The van der Waals surface area contributed by atoms with Gasteiger partial charge in [-0.2, -0.15) is 0 Å². The van der Waals surface area contributed by atoms with Gasteiger partial charge in [-0.1, -0.05) is 30.8 Å². The van der Waals surface area contributed by atoms with Crippen molar-refractivity contribution in [3.63, 3.8) is 0 Å². The molecule has 0 amide bonds. The van der Waals surface area contributed by atoms with Crippen molar-refractivity contribution in [2.75, 3.05) is 0 Å². The topological polar surface area (TPSA) is 17.1 Å². The Morgan fingerprint density at radius 2 is 2.23 bits per heavy atom. The van der Waals surface area contributed by atoms with Crippen molar-refractivity contribution in [3.8, 4) is 0 Å². The summed E-state index contributed by atoms with van der Waals surface area (Å²) < 4.78 is 0. The van der Waals surface area contributed by atoms with E-state index in [0.717, 1.165) is 12.8 Å². The third kappa shape index (κ3) is 1.31. The first kappa shape index (κ1) is 8.24. The molecule has 66 valence electrons. The SMILES string of the molecule is C=CC(=O)C1CCc2ccccc21. The van der Waals surface area contributed by atoms with Gasteiger partial charge in [0, 0.05) is 5.92 Å². The first-order valence-corrected chi connectivity index (χ1v) is 4.57. The third-order valence-electron chi connectivity index (χ3n) is 2.68. The van der Waals surface area contributed by atoms with E-state index in [2.05, 4.69) is 18.7 Å². The number of fused-ring (bicyclic) bond motifs is 1. The standard InChI is InChI=1S/C12H12O/c1-2-12(13)11-8-7-9-5-3-4-6-10(9)11/h2-6,11H,1,7-8H2. The molecule has 1 nitrogen and oxygen atoms in total. The van der Waals surface area contributed by atoms with Gasteiger partial charge in [-0.25, -0.2) is 0 Å². The molecule has 1 heteroatoms. The molecule has 0 aliphatic heterocycles. The van der Waals surface area contributed by atoms with Gasteiger partial charge in [-0.05, 0) is 30.0 Å². The molecule has 13 heavy (non-hydrogen) atoms. The Morgan fingerprint density at radius 3 is 3.00 bits per heavy atom. The highest BCUT2D eigenvalue weighted by Crippen LogP contribution is 2.33. The van der Waals surface area contributed by atoms with Crippen molar-refractivity contribution >= 4 is 5.78 Å². The normalized spacial score (nSPS) is 19.5. The number of hydrogen-bond donors (Lipinski definition) is 0. The molecule has 1 unspecified atom stereocenters. The van der Waals surface area contributed by atoms with Crippen LogP contribution < -0.4 is 0 Å². The Kier molecular flexibility index (Phi) is 2.01. The summed E-state index contributed by atoms with van der Waals surface area (Å²) in [5.41, 5.74) is 2.52. The van der Waals surface area contributed by atoms with E-state index in [4.69, 9.17) is 0 Å². The molecular formula is C12H12O. The lowest BCUT2D eigenvalue weighted by Crippen LogP contribution is -2.05. The van der Waals surface area contributed by atoms with Gasteiger partial charge in [0.1, 0.15) is 0 Å². The van der Waals surface area contributed by atoms with Gasteiger partial charge in [0.25, 0.3) is 0 Å². The molecule has 0 heterocycles. The first-order valence-electron chi connectivity index (χ1n) is 4.57. The maximum atomic E-state index is 11.5. The Bertz CT molecular complexity index is 352. The van der Waals surface area contributed by atoms with E-state index in [1.165, 1.54) is 17.2 Å². The van der Waals surface area contributed by atoms with Crippen LogP contribution in [-0.2, 0) is 11.2 Å². The summed E-state index contributed by atoms with van der Waals surface area (Å²) >= 11 is 0. The molecule has 1 aromatic carbocycles. The number of carbonyl (C=O) groups excluding carboxylic acids is 1. The minimum Gasteiger partial charge on any atom is -0.294 e. The highest BCUT2D eigenvalue weighted by Gasteiger charge is 2.25. The van der Waals surface area contributed by atoms with E-state index in [1.807, 2.05) is 12.1 Å². The number of ketones is 1. The maximum Gasteiger partial charge on any atom is 0.162 e. The smallest absolute Gasteiger partial charge is 0.162 e. The fourth-order valence-corrected chi connectivity index (χ4v) is 1.99. The van der Waals surface area contributed by atoms with Crippen LogP contribution in [0.1, 0.15) is 23.5 Å².